The number of aryl methyl sites for hydroxylation is 3. The predicted octanol–water partition coefficient (Wildman–Crippen LogP) is 4.38. The summed E-state index contributed by atoms with van der Waals surface area (Å²) in [5.41, 5.74) is 3.95. The molecule has 0 fully saturated rings. The Hall–Kier alpha value is -2.97. The maximum absolute atomic E-state index is 12.2. The van der Waals surface area contributed by atoms with Crippen LogP contribution in [0.1, 0.15) is 29.4 Å². The zero-order valence-corrected chi connectivity index (χ0v) is 19.0. The SMILES string of the molecule is CCc1nnc2sc(-c3ccc(CNC(=O)COc4c(C)cc(C)cc4Cl)cc3)nn12. The van der Waals surface area contributed by atoms with E-state index in [9.17, 15) is 4.79 Å². The van der Waals surface area contributed by atoms with Gasteiger partial charge in [0.25, 0.3) is 5.91 Å². The van der Waals surface area contributed by atoms with Crippen LogP contribution in [0.15, 0.2) is 36.4 Å². The Morgan fingerprint density at radius 2 is 1.97 bits per heavy atom. The van der Waals surface area contributed by atoms with Crippen molar-refractivity contribution in [2.24, 2.45) is 0 Å². The normalized spacial score (nSPS) is 11.1. The van der Waals surface area contributed by atoms with Crippen molar-refractivity contribution in [3.05, 3.63) is 63.9 Å². The third kappa shape index (κ3) is 4.70. The number of carbonyl (C=O) groups is 1. The Morgan fingerprint density at radius 1 is 1.19 bits per heavy atom. The van der Waals surface area contributed by atoms with E-state index in [-0.39, 0.29) is 12.5 Å². The van der Waals surface area contributed by atoms with Gasteiger partial charge in [-0.25, -0.2) is 0 Å². The molecular formula is C22H22ClN5O2S. The summed E-state index contributed by atoms with van der Waals surface area (Å²) in [6.45, 7) is 6.23. The number of fused-ring (bicyclic) bond motifs is 1. The number of nitrogens with zero attached hydrogens (tertiary/aromatic N) is 4. The van der Waals surface area contributed by atoms with E-state index in [1.807, 2.05) is 57.2 Å². The number of nitrogens with one attached hydrogen (secondary N) is 1. The molecule has 2 aromatic heterocycles. The van der Waals surface area contributed by atoms with Crippen LogP contribution in [0.4, 0.5) is 0 Å². The molecule has 2 heterocycles. The first-order chi connectivity index (χ1) is 14.9. The summed E-state index contributed by atoms with van der Waals surface area (Å²) in [6.07, 6.45) is 0.780. The minimum Gasteiger partial charge on any atom is -0.482 e. The van der Waals surface area contributed by atoms with Gasteiger partial charge in [0.05, 0.1) is 5.02 Å². The van der Waals surface area contributed by atoms with Gasteiger partial charge in [0.1, 0.15) is 10.8 Å². The van der Waals surface area contributed by atoms with Gasteiger partial charge >= 0.3 is 0 Å². The molecule has 31 heavy (non-hydrogen) atoms. The molecule has 0 radical (unpaired) electrons. The lowest BCUT2D eigenvalue weighted by atomic mass is 10.1. The zero-order valence-electron chi connectivity index (χ0n) is 17.5. The van der Waals surface area contributed by atoms with Crippen molar-refractivity contribution < 1.29 is 9.53 Å². The molecule has 1 N–H and O–H groups in total. The van der Waals surface area contributed by atoms with Crippen LogP contribution in [-0.4, -0.2) is 32.3 Å². The number of rotatable bonds is 7. The van der Waals surface area contributed by atoms with E-state index >= 15 is 0 Å². The van der Waals surface area contributed by atoms with E-state index in [0.29, 0.717) is 17.3 Å². The van der Waals surface area contributed by atoms with Crippen molar-refractivity contribution in [2.45, 2.75) is 33.7 Å². The molecule has 4 aromatic rings. The number of benzene rings is 2. The van der Waals surface area contributed by atoms with E-state index < -0.39 is 0 Å². The lowest BCUT2D eigenvalue weighted by molar-refractivity contribution is -0.123. The second-order valence-corrected chi connectivity index (χ2v) is 8.59. The fourth-order valence-corrected chi connectivity index (χ4v) is 4.47. The fourth-order valence-electron chi connectivity index (χ4n) is 3.23. The smallest absolute Gasteiger partial charge is 0.258 e. The number of halogens is 1. The van der Waals surface area contributed by atoms with Gasteiger partial charge < -0.3 is 10.1 Å². The van der Waals surface area contributed by atoms with Gasteiger partial charge in [-0.05, 0) is 36.6 Å². The second-order valence-electron chi connectivity index (χ2n) is 7.23. The zero-order chi connectivity index (χ0) is 22.0. The van der Waals surface area contributed by atoms with E-state index in [2.05, 4.69) is 20.6 Å². The predicted molar refractivity (Wildman–Crippen MR) is 122 cm³/mol. The van der Waals surface area contributed by atoms with Gasteiger partial charge in [0.2, 0.25) is 4.96 Å². The summed E-state index contributed by atoms with van der Waals surface area (Å²) < 4.78 is 7.41. The van der Waals surface area contributed by atoms with E-state index in [1.165, 1.54) is 11.3 Å². The van der Waals surface area contributed by atoms with Gasteiger partial charge in [0, 0.05) is 18.5 Å². The van der Waals surface area contributed by atoms with Gasteiger partial charge in [-0.3, -0.25) is 4.79 Å². The average molecular weight is 456 g/mol. The van der Waals surface area contributed by atoms with Crippen molar-refractivity contribution in [1.29, 1.82) is 0 Å². The Morgan fingerprint density at radius 3 is 2.68 bits per heavy atom. The van der Waals surface area contributed by atoms with Gasteiger partial charge in [0.15, 0.2) is 12.4 Å². The van der Waals surface area contributed by atoms with Gasteiger partial charge in [-0.2, -0.15) is 9.61 Å². The molecule has 0 aliphatic rings. The second kappa shape index (κ2) is 9.03. The third-order valence-corrected chi connectivity index (χ3v) is 6.01. The summed E-state index contributed by atoms with van der Waals surface area (Å²) in [5.74, 6) is 1.19. The minimum atomic E-state index is -0.208. The van der Waals surface area contributed by atoms with Crippen LogP contribution in [0.2, 0.25) is 5.02 Å². The lowest BCUT2D eigenvalue weighted by Crippen LogP contribution is -2.28. The highest BCUT2D eigenvalue weighted by Gasteiger charge is 2.12. The highest BCUT2D eigenvalue weighted by atomic mass is 35.5. The van der Waals surface area contributed by atoms with Crippen molar-refractivity contribution in [3.8, 4) is 16.3 Å². The Bertz CT molecular complexity index is 1210. The van der Waals surface area contributed by atoms with Crippen molar-refractivity contribution in [2.75, 3.05) is 6.61 Å². The highest BCUT2D eigenvalue weighted by molar-refractivity contribution is 7.19. The maximum Gasteiger partial charge on any atom is 0.258 e. The van der Waals surface area contributed by atoms with E-state index in [1.54, 1.807) is 4.52 Å². The van der Waals surface area contributed by atoms with Crippen LogP contribution < -0.4 is 10.1 Å². The molecule has 0 saturated carbocycles. The molecule has 0 saturated heterocycles. The number of amides is 1. The van der Waals surface area contributed by atoms with Crippen LogP contribution in [0.3, 0.4) is 0 Å². The molecule has 0 atom stereocenters. The molecule has 1 amide bonds. The summed E-state index contributed by atoms with van der Waals surface area (Å²) in [7, 11) is 0. The minimum absolute atomic E-state index is 0.0889. The van der Waals surface area contributed by atoms with Gasteiger partial charge in [-0.15, -0.1) is 10.2 Å². The Labute approximate surface area is 189 Å². The molecule has 0 spiro atoms. The first-order valence-corrected chi connectivity index (χ1v) is 11.1. The summed E-state index contributed by atoms with van der Waals surface area (Å²) in [4.78, 5) is 13.0. The van der Waals surface area contributed by atoms with Crippen LogP contribution in [0.25, 0.3) is 15.5 Å². The molecule has 7 nitrogen and oxygen atoms in total. The number of carbonyl (C=O) groups excluding carboxylic acids is 1. The molecule has 2 aromatic carbocycles. The van der Waals surface area contributed by atoms with Gasteiger partial charge in [-0.1, -0.05) is 60.2 Å². The summed E-state index contributed by atoms with van der Waals surface area (Å²) in [6, 6.07) is 11.7. The Kier molecular flexibility index (Phi) is 6.20. The van der Waals surface area contributed by atoms with E-state index in [4.69, 9.17) is 16.3 Å². The number of hydrogen-bond donors (Lipinski definition) is 1. The molecule has 0 aliphatic carbocycles. The number of aromatic nitrogens is 4. The molecule has 9 heteroatoms. The van der Waals surface area contributed by atoms with Crippen LogP contribution in [0.5, 0.6) is 5.75 Å². The molecule has 0 aliphatic heterocycles. The summed E-state index contributed by atoms with van der Waals surface area (Å²) in [5, 5.41) is 17.1. The maximum atomic E-state index is 12.2. The monoisotopic (exact) mass is 455 g/mol. The standard InChI is InChI=1S/C22H22ClN5O2S/c1-4-18-25-26-22-28(18)27-21(31-22)16-7-5-15(6-8-16)11-24-19(29)12-30-20-14(3)9-13(2)10-17(20)23/h5-10H,4,11-12H2,1-3H3,(H,24,29). The van der Waals surface area contributed by atoms with Crippen LogP contribution >= 0.6 is 22.9 Å². The molecule has 4 rings (SSSR count). The molecule has 160 valence electrons. The third-order valence-electron chi connectivity index (χ3n) is 4.78. The summed E-state index contributed by atoms with van der Waals surface area (Å²) >= 11 is 7.72. The van der Waals surface area contributed by atoms with Crippen LogP contribution in [-0.2, 0) is 17.8 Å². The first kappa shape index (κ1) is 21.3. The average Bonchev–Trinajstić information content (AvgIpc) is 3.32. The molecule has 0 bridgehead atoms. The Balaban J connectivity index is 1.33. The largest absolute Gasteiger partial charge is 0.482 e. The number of ether oxygens (including phenoxy) is 1. The van der Waals surface area contributed by atoms with Crippen molar-refractivity contribution >= 4 is 33.8 Å². The quantitative estimate of drug-likeness (QED) is 0.447. The highest BCUT2D eigenvalue weighted by Crippen LogP contribution is 2.29. The number of hydrogen-bond acceptors (Lipinski definition) is 6. The van der Waals surface area contributed by atoms with Crippen molar-refractivity contribution in [1.82, 2.24) is 25.1 Å². The topological polar surface area (TPSA) is 81.4 Å². The lowest BCUT2D eigenvalue weighted by Gasteiger charge is -2.12. The fraction of sp³-hybridized carbons (Fsp3) is 0.273. The van der Waals surface area contributed by atoms with Crippen molar-refractivity contribution in [3.63, 3.8) is 0 Å². The van der Waals surface area contributed by atoms with E-state index in [0.717, 1.165) is 44.5 Å². The molecular weight excluding hydrogens is 434 g/mol. The first-order valence-electron chi connectivity index (χ1n) is 9.91. The van der Waals surface area contributed by atoms with Crippen LogP contribution in [0, 0.1) is 13.8 Å². The molecule has 0 unspecified atom stereocenters.